The number of rotatable bonds is 4. The SMILES string of the molecule is CC[C@H]1CN(C(=O)c2ccon2)CCN1C[C@@H](C)O. The van der Waals surface area contributed by atoms with Crippen molar-refractivity contribution in [1.29, 1.82) is 0 Å². The first kappa shape index (κ1) is 14.0. The molecule has 6 heteroatoms. The number of nitrogens with zero attached hydrogens (tertiary/aromatic N) is 3. The van der Waals surface area contributed by atoms with Crippen molar-refractivity contribution in [2.45, 2.75) is 32.4 Å². The smallest absolute Gasteiger partial charge is 0.276 e. The highest BCUT2D eigenvalue weighted by atomic mass is 16.5. The average molecular weight is 267 g/mol. The van der Waals surface area contributed by atoms with Crippen LogP contribution < -0.4 is 0 Å². The van der Waals surface area contributed by atoms with E-state index in [2.05, 4.69) is 17.0 Å². The Kier molecular flexibility index (Phi) is 4.55. The maximum atomic E-state index is 12.2. The van der Waals surface area contributed by atoms with E-state index in [0.717, 1.165) is 13.0 Å². The zero-order valence-corrected chi connectivity index (χ0v) is 11.5. The molecule has 1 aromatic rings. The summed E-state index contributed by atoms with van der Waals surface area (Å²) < 4.78 is 4.71. The molecule has 1 fully saturated rings. The van der Waals surface area contributed by atoms with Gasteiger partial charge in [0, 0.05) is 38.3 Å². The molecule has 1 saturated heterocycles. The molecule has 0 radical (unpaired) electrons. The fourth-order valence-electron chi connectivity index (χ4n) is 2.53. The Balaban J connectivity index is 1.98. The molecule has 2 heterocycles. The maximum Gasteiger partial charge on any atom is 0.276 e. The molecular formula is C13H21N3O3. The summed E-state index contributed by atoms with van der Waals surface area (Å²) in [6, 6.07) is 1.88. The van der Waals surface area contributed by atoms with Gasteiger partial charge in [-0.3, -0.25) is 9.69 Å². The third-order valence-corrected chi connectivity index (χ3v) is 3.52. The number of amides is 1. The van der Waals surface area contributed by atoms with Gasteiger partial charge in [-0.25, -0.2) is 0 Å². The lowest BCUT2D eigenvalue weighted by molar-refractivity contribution is 0.0304. The molecule has 0 saturated carbocycles. The second kappa shape index (κ2) is 6.16. The minimum Gasteiger partial charge on any atom is -0.392 e. The molecule has 0 aliphatic carbocycles. The van der Waals surface area contributed by atoms with Crippen LogP contribution in [0.2, 0.25) is 0 Å². The van der Waals surface area contributed by atoms with Crippen molar-refractivity contribution >= 4 is 5.91 Å². The molecule has 0 bridgehead atoms. The van der Waals surface area contributed by atoms with E-state index in [1.54, 1.807) is 13.0 Å². The number of hydrogen-bond acceptors (Lipinski definition) is 5. The van der Waals surface area contributed by atoms with E-state index in [1.165, 1.54) is 6.26 Å². The third kappa shape index (κ3) is 3.33. The second-order valence-corrected chi connectivity index (χ2v) is 5.04. The molecule has 1 N–H and O–H groups in total. The van der Waals surface area contributed by atoms with E-state index in [-0.39, 0.29) is 12.0 Å². The predicted octanol–water partition coefficient (Wildman–Crippen LogP) is 0.592. The number of aliphatic hydroxyl groups is 1. The zero-order chi connectivity index (χ0) is 13.8. The Bertz CT molecular complexity index is 405. The van der Waals surface area contributed by atoms with Crippen molar-refractivity contribution in [3.8, 4) is 0 Å². The van der Waals surface area contributed by atoms with E-state index in [0.29, 0.717) is 31.4 Å². The maximum absolute atomic E-state index is 12.2. The number of carbonyl (C=O) groups excluding carboxylic acids is 1. The van der Waals surface area contributed by atoms with Crippen molar-refractivity contribution in [2.75, 3.05) is 26.2 Å². The molecule has 6 nitrogen and oxygen atoms in total. The van der Waals surface area contributed by atoms with E-state index in [4.69, 9.17) is 4.52 Å². The highest BCUT2D eigenvalue weighted by molar-refractivity contribution is 5.92. The summed E-state index contributed by atoms with van der Waals surface area (Å²) in [7, 11) is 0. The summed E-state index contributed by atoms with van der Waals surface area (Å²) in [4.78, 5) is 16.2. The van der Waals surface area contributed by atoms with Crippen LogP contribution in [0, 0.1) is 0 Å². The van der Waals surface area contributed by atoms with Gasteiger partial charge in [0.05, 0.1) is 6.10 Å². The van der Waals surface area contributed by atoms with Crippen LogP contribution in [-0.4, -0.2) is 64.3 Å². The highest BCUT2D eigenvalue weighted by Gasteiger charge is 2.30. The lowest BCUT2D eigenvalue weighted by Crippen LogP contribution is -2.55. The van der Waals surface area contributed by atoms with Crippen LogP contribution in [-0.2, 0) is 0 Å². The Morgan fingerprint density at radius 3 is 3.00 bits per heavy atom. The van der Waals surface area contributed by atoms with Gasteiger partial charge in [0.2, 0.25) is 0 Å². The summed E-state index contributed by atoms with van der Waals surface area (Å²) >= 11 is 0. The first-order chi connectivity index (χ1) is 9.11. The molecule has 0 unspecified atom stereocenters. The molecule has 19 heavy (non-hydrogen) atoms. The summed E-state index contributed by atoms with van der Waals surface area (Å²) in [5, 5.41) is 13.2. The summed E-state index contributed by atoms with van der Waals surface area (Å²) in [6.07, 6.45) is 2.02. The lowest BCUT2D eigenvalue weighted by atomic mass is 10.1. The first-order valence-electron chi connectivity index (χ1n) is 6.73. The van der Waals surface area contributed by atoms with Crippen molar-refractivity contribution in [3.05, 3.63) is 18.0 Å². The molecule has 2 rings (SSSR count). The number of aliphatic hydroxyl groups excluding tert-OH is 1. The Morgan fingerprint density at radius 1 is 1.63 bits per heavy atom. The van der Waals surface area contributed by atoms with Crippen LogP contribution in [0.25, 0.3) is 0 Å². The molecule has 1 aliphatic rings. The predicted molar refractivity (Wildman–Crippen MR) is 69.7 cm³/mol. The molecule has 1 amide bonds. The molecule has 0 aromatic carbocycles. The fourth-order valence-corrected chi connectivity index (χ4v) is 2.53. The van der Waals surface area contributed by atoms with Crippen molar-refractivity contribution in [2.24, 2.45) is 0 Å². The summed E-state index contributed by atoms with van der Waals surface area (Å²) in [5.74, 6) is -0.0797. The second-order valence-electron chi connectivity index (χ2n) is 5.04. The number of hydrogen-bond donors (Lipinski definition) is 1. The van der Waals surface area contributed by atoms with Gasteiger partial charge in [-0.05, 0) is 13.3 Å². The van der Waals surface area contributed by atoms with Gasteiger partial charge in [0.1, 0.15) is 6.26 Å². The van der Waals surface area contributed by atoms with Crippen LogP contribution in [0.1, 0.15) is 30.8 Å². The van der Waals surface area contributed by atoms with Gasteiger partial charge in [-0.15, -0.1) is 0 Å². The lowest BCUT2D eigenvalue weighted by Gasteiger charge is -2.41. The Labute approximate surface area is 113 Å². The van der Waals surface area contributed by atoms with E-state index in [9.17, 15) is 9.90 Å². The van der Waals surface area contributed by atoms with Crippen LogP contribution in [0.4, 0.5) is 0 Å². The quantitative estimate of drug-likeness (QED) is 0.864. The van der Waals surface area contributed by atoms with Gasteiger partial charge in [-0.1, -0.05) is 12.1 Å². The largest absolute Gasteiger partial charge is 0.392 e. The molecule has 0 spiro atoms. The highest BCUT2D eigenvalue weighted by Crippen LogP contribution is 2.15. The molecule has 1 aliphatic heterocycles. The third-order valence-electron chi connectivity index (χ3n) is 3.52. The van der Waals surface area contributed by atoms with E-state index < -0.39 is 0 Å². The van der Waals surface area contributed by atoms with Gasteiger partial charge in [0.25, 0.3) is 5.91 Å². The zero-order valence-electron chi connectivity index (χ0n) is 11.5. The first-order valence-corrected chi connectivity index (χ1v) is 6.73. The van der Waals surface area contributed by atoms with Gasteiger partial charge in [-0.2, -0.15) is 0 Å². The minimum atomic E-state index is -0.341. The average Bonchev–Trinajstić information content (AvgIpc) is 2.91. The molecule has 1 aromatic heterocycles. The summed E-state index contributed by atoms with van der Waals surface area (Å²) in [6.45, 7) is 6.67. The van der Waals surface area contributed by atoms with Crippen molar-refractivity contribution in [3.63, 3.8) is 0 Å². The fraction of sp³-hybridized carbons (Fsp3) is 0.692. The van der Waals surface area contributed by atoms with E-state index >= 15 is 0 Å². The van der Waals surface area contributed by atoms with Crippen molar-refractivity contribution < 1.29 is 14.4 Å². The van der Waals surface area contributed by atoms with E-state index in [1.807, 2.05) is 4.90 Å². The van der Waals surface area contributed by atoms with Crippen molar-refractivity contribution in [1.82, 2.24) is 15.0 Å². The number of β-amino-alcohol motifs (C(OH)–C–C–N with tert-alkyl or cyclic N) is 1. The molecule has 2 atom stereocenters. The molecular weight excluding hydrogens is 246 g/mol. The monoisotopic (exact) mass is 267 g/mol. The minimum absolute atomic E-state index is 0.0797. The topological polar surface area (TPSA) is 69.8 Å². The van der Waals surface area contributed by atoms with Crippen LogP contribution >= 0.6 is 0 Å². The normalized spacial score (nSPS) is 22.5. The number of aromatic nitrogens is 1. The van der Waals surface area contributed by atoms with Gasteiger partial charge >= 0.3 is 0 Å². The van der Waals surface area contributed by atoms with Crippen LogP contribution in [0.5, 0.6) is 0 Å². The van der Waals surface area contributed by atoms with Crippen LogP contribution in [0.3, 0.4) is 0 Å². The Hall–Kier alpha value is -1.40. The standard InChI is InChI=1S/C13H21N3O3/c1-3-11-9-16(6-5-15(11)8-10(2)17)13(18)12-4-7-19-14-12/h4,7,10-11,17H,3,5-6,8-9H2,1-2H3/t10-,11+/m1/s1. The van der Waals surface area contributed by atoms with Gasteiger partial charge in [0.15, 0.2) is 5.69 Å². The van der Waals surface area contributed by atoms with Gasteiger partial charge < -0.3 is 14.5 Å². The summed E-state index contributed by atoms with van der Waals surface area (Å²) in [5.41, 5.74) is 0.360. The Morgan fingerprint density at radius 2 is 2.42 bits per heavy atom. The number of carbonyl (C=O) groups is 1. The molecule has 106 valence electrons. The van der Waals surface area contributed by atoms with Crippen LogP contribution in [0.15, 0.2) is 16.9 Å². The number of piperazine rings is 1.